The molecule has 136 valence electrons. The molecule has 3 unspecified atom stereocenters. The molecule has 4 nitrogen and oxygen atoms in total. The number of piperidine rings is 1. The van der Waals surface area contributed by atoms with E-state index in [1.54, 1.807) is 24.3 Å². The van der Waals surface area contributed by atoms with Gasteiger partial charge in [-0.05, 0) is 49.9 Å². The fraction of sp³-hybridized carbons (Fsp3) is 0.381. The zero-order valence-electron chi connectivity index (χ0n) is 14.5. The van der Waals surface area contributed by atoms with Crippen molar-refractivity contribution in [3.63, 3.8) is 0 Å². The first-order valence-corrected chi connectivity index (χ1v) is 9.59. The van der Waals surface area contributed by atoms with Crippen LogP contribution in [0.25, 0.3) is 0 Å². The van der Waals surface area contributed by atoms with Crippen molar-refractivity contribution >= 4 is 17.5 Å². The lowest BCUT2D eigenvalue weighted by molar-refractivity contribution is -0.129. The van der Waals surface area contributed by atoms with Gasteiger partial charge in [-0.3, -0.25) is 4.79 Å². The van der Waals surface area contributed by atoms with Crippen molar-refractivity contribution in [1.29, 1.82) is 0 Å². The molecule has 2 fully saturated rings. The van der Waals surface area contributed by atoms with E-state index in [1.165, 1.54) is 12.8 Å². The summed E-state index contributed by atoms with van der Waals surface area (Å²) in [5.74, 6) is 0.543. The van der Waals surface area contributed by atoms with Crippen molar-refractivity contribution in [2.24, 2.45) is 0 Å². The Hall–Kier alpha value is -2.04. The van der Waals surface area contributed by atoms with Gasteiger partial charge in [0, 0.05) is 28.7 Å². The number of nitrogens with one attached hydrogen (secondary N) is 2. The molecule has 0 saturated carbocycles. The Morgan fingerprint density at radius 1 is 1.04 bits per heavy atom. The molecular weight excluding hydrogens is 348 g/mol. The molecule has 1 amide bonds. The van der Waals surface area contributed by atoms with E-state index in [1.807, 2.05) is 30.3 Å². The van der Waals surface area contributed by atoms with Crippen LogP contribution in [0.5, 0.6) is 5.75 Å². The lowest BCUT2D eigenvalue weighted by Gasteiger charge is -2.31. The van der Waals surface area contributed by atoms with Crippen LogP contribution < -0.4 is 15.4 Å². The van der Waals surface area contributed by atoms with Gasteiger partial charge in [-0.25, -0.2) is 0 Å². The monoisotopic (exact) mass is 370 g/mol. The van der Waals surface area contributed by atoms with Crippen LogP contribution >= 0.6 is 11.6 Å². The number of benzene rings is 2. The van der Waals surface area contributed by atoms with Gasteiger partial charge in [0.15, 0.2) is 0 Å². The zero-order valence-corrected chi connectivity index (χ0v) is 15.3. The third-order valence-electron chi connectivity index (χ3n) is 5.23. The fourth-order valence-electron chi connectivity index (χ4n) is 4.00. The van der Waals surface area contributed by atoms with Gasteiger partial charge in [-0.2, -0.15) is 0 Å². The first kappa shape index (κ1) is 17.4. The molecule has 26 heavy (non-hydrogen) atoms. The van der Waals surface area contributed by atoms with Crippen LogP contribution in [0.2, 0.25) is 5.02 Å². The minimum atomic E-state index is -0.676. The van der Waals surface area contributed by atoms with Crippen LogP contribution in [0.15, 0.2) is 54.6 Å². The number of hydrogen-bond acceptors (Lipinski definition) is 3. The molecule has 2 aromatic rings. The van der Waals surface area contributed by atoms with Crippen molar-refractivity contribution < 1.29 is 9.53 Å². The summed E-state index contributed by atoms with van der Waals surface area (Å²) in [6, 6.07) is 18.0. The number of amides is 1. The molecule has 2 saturated heterocycles. The van der Waals surface area contributed by atoms with E-state index >= 15 is 0 Å². The third-order valence-corrected chi connectivity index (χ3v) is 5.48. The molecule has 5 heteroatoms. The average molecular weight is 371 g/mol. The summed E-state index contributed by atoms with van der Waals surface area (Å²) in [7, 11) is 0. The highest BCUT2D eigenvalue weighted by Gasteiger charge is 2.35. The Labute approximate surface area is 158 Å². The summed E-state index contributed by atoms with van der Waals surface area (Å²) in [5, 5.41) is 7.47. The summed E-state index contributed by atoms with van der Waals surface area (Å²) in [4.78, 5) is 13.0. The summed E-state index contributed by atoms with van der Waals surface area (Å²) in [6.45, 7) is 0. The highest BCUT2D eigenvalue weighted by molar-refractivity contribution is 6.30. The van der Waals surface area contributed by atoms with Crippen molar-refractivity contribution in [2.45, 2.75) is 49.9 Å². The minimum Gasteiger partial charge on any atom is -0.476 e. The second-order valence-corrected chi connectivity index (χ2v) is 7.61. The quantitative estimate of drug-likeness (QED) is 0.840. The largest absolute Gasteiger partial charge is 0.476 e. The molecule has 0 radical (unpaired) electrons. The highest BCUT2D eigenvalue weighted by atomic mass is 35.5. The Bertz CT molecular complexity index is 738. The summed E-state index contributed by atoms with van der Waals surface area (Å²) in [6.07, 6.45) is 3.72. The number of halogens is 1. The van der Waals surface area contributed by atoms with Gasteiger partial charge in [0.25, 0.3) is 5.91 Å². The summed E-state index contributed by atoms with van der Waals surface area (Å²) in [5.41, 5.74) is 0.844. The van der Waals surface area contributed by atoms with Crippen LogP contribution in [-0.2, 0) is 4.79 Å². The molecule has 3 atom stereocenters. The highest BCUT2D eigenvalue weighted by Crippen LogP contribution is 2.28. The standard InChI is InChI=1S/C21H23ClN2O2/c22-15-6-10-19(11-7-15)26-20(14-4-2-1-3-5-14)21(25)24-18-12-16-8-9-17(13-18)23-16/h1-7,10-11,16-18,20,23H,8-9,12-13H2,(H,24,25). The normalized spacial score (nSPS) is 25.5. The predicted molar refractivity (Wildman–Crippen MR) is 102 cm³/mol. The molecule has 4 rings (SSSR count). The molecule has 2 aliphatic rings. The number of rotatable bonds is 5. The molecule has 0 aliphatic carbocycles. The van der Waals surface area contributed by atoms with Crippen molar-refractivity contribution in [3.05, 3.63) is 65.2 Å². The lowest BCUT2D eigenvalue weighted by atomic mass is 9.99. The van der Waals surface area contributed by atoms with Crippen LogP contribution in [0, 0.1) is 0 Å². The second kappa shape index (κ2) is 7.68. The van der Waals surface area contributed by atoms with E-state index in [9.17, 15) is 4.79 Å². The van der Waals surface area contributed by atoms with Crippen LogP contribution in [0.4, 0.5) is 0 Å². The Kier molecular flexibility index (Phi) is 5.14. The average Bonchev–Trinajstić information content (AvgIpc) is 3.00. The summed E-state index contributed by atoms with van der Waals surface area (Å²) >= 11 is 5.95. The van der Waals surface area contributed by atoms with E-state index in [2.05, 4.69) is 10.6 Å². The van der Waals surface area contributed by atoms with Crippen molar-refractivity contribution in [1.82, 2.24) is 10.6 Å². The van der Waals surface area contributed by atoms with E-state index in [0.717, 1.165) is 18.4 Å². The molecular formula is C21H23ClN2O2. The molecule has 0 spiro atoms. The maximum atomic E-state index is 13.0. The minimum absolute atomic E-state index is 0.0857. The summed E-state index contributed by atoms with van der Waals surface area (Å²) < 4.78 is 6.04. The van der Waals surface area contributed by atoms with Crippen molar-refractivity contribution in [3.8, 4) is 5.75 Å². The van der Waals surface area contributed by atoms with E-state index < -0.39 is 6.10 Å². The lowest BCUT2D eigenvalue weighted by Crippen LogP contribution is -2.49. The van der Waals surface area contributed by atoms with Gasteiger partial charge >= 0.3 is 0 Å². The molecule has 2 heterocycles. The van der Waals surface area contributed by atoms with Crippen LogP contribution in [-0.4, -0.2) is 24.0 Å². The smallest absolute Gasteiger partial charge is 0.266 e. The van der Waals surface area contributed by atoms with Crippen molar-refractivity contribution in [2.75, 3.05) is 0 Å². The van der Waals surface area contributed by atoms with E-state index in [0.29, 0.717) is 22.9 Å². The first-order valence-electron chi connectivity index (χ1n) is 9.21. The number of fused-ring (bicyclic) bond motifs is 2. The zero-order chi connectivity index (χ0) is 17.9. The molecule has 2 N–H and O–H groups in total. The van der Waals surface area contributed by atoms with Gasteiger partial charge in [-0.1, -0.05) is 41.9 Å². The van der Waals surface area contributed by atoms with Crippen LogP contribution in [0.3, 0.4) is 0 Å². The molecule has 0 aromatic heterocycles. The Balaban J connectivity index is 1.50. The first-order chi connectivity index (χ1) is 12.7. The molecule has 2 aliphatic heterocycles. The Morgan fingerprint density at radius 3 is 2.35 bits per heavy atom. The Morgan fingerprint density at radius 2 is 1.69 bits per heavy atom. The van der Waals surface area contributed by atoms with Gasteiger partial charge < -0.3 is 15.4 Å². The van der Waals surface area contributed by atoms with E-state index in [4.69, 9.17) is 16.3 Å². The topological polar surface area (TPSA) is 50.4 Å². The second-order valence-electron chi connectivity index (χ2n) is 7.18. The van der Waals surface area contributed by atoms with Crippen LogP contribution in [0.1, 0.15) is 37.4 Å². The maximum absolute atomic E-state index is 13.0. The maximum Gasteiger partial charge on any atom is 0.266 e. The predicted octanol–water partition coefficient (Wildman–Crippen LogP) is 3.86. The number of carbonyl (C=O) groups is 1. The number of hydrogen-bond donors (Lipinski definition) is 2. The van der Waals surface area contributed by atoms with Gasteiger partial charge in [-0.15, -0.1) is 0 Å². The fourth-order valence-corrected chi connectivity index (χ4v) is 4.13. The molecule has 2 aromatic carbocycles. The number of carbonyl (C=O) groups excluding carboxylic acids is 1. The number of ether oxygens (including phenoxy) is 1. The molecule has 2 bridgehead atoms. The third kappa shape index (κ3) is 4.02. The van der Waals surface area contributed by atoms with Gasteiger partial charge in [0.1, 0.15) is 5.75 Å². The van der Waals surface area contributed by atoms with Gasteiger partial charge in [0.2, 0.25) is 6.10 Å². The SMILES string of the molecule is O=C(NC1CC2CCC(C1)N2)C(Oc1ccc(Cl)cc1)c1ccccc1. The van der Waals surface area contributed by atoms with E-state index in [-0.39, 0.29) is 11.9 Å². The van der Waals surface area contributed by atoms with Gasteiger partial charge in [0.05, 0.1) is 0 Å².